The number of amides is 1. The average Bonchev–Trinajstić information content (AvgIpc) is 3.79. The van der Waals surface area contributed by atoms with Gasteiger partial charge in [-0.2, -0.15) is 0 Å². The zero-order valence-electron chi connectivity index (χ0n) is 25.0. The van der Waals surface area contributed by atoms with Gasteiger partial charge in [-0.05, 0) is 72.6 Å². The van der Waals surface area contributed by atoms with Crippen LogP contribution in [0.1, 0.15) is 61.1 Å². The molecule has 1 fully saturated rings. The van der Waals surface area contributed by atoms with Gasteiger partial charge >= 0.3 is 7.82 Å². The van der Waals surface area contributed by atoms with Gasteiger partial charge in [-0.25, -0.2) is 4.57 Å². The first-order valence-corrected chi connectivity index (χ1v) is 16.2. The number of phosphoric acid groups is 1. The molecule has 1 aliphatic rings. The minimum atomic E-state index is -4.62. The van der Waals surface area contributed by atoms with Gasteiger partial charge in [0.15, 0.2) is 0 Å². The zero-order chi connectivity index (χ0) is 29.8. The van der Waals surface area contributed by atoms with Crippen molar-refractivity contribution in [2.45, 2.75) is 57.4 Å². The van der Waals surface area contributed by atoms with Crippen LogP contribution in [0, 0.1) is 5.92 Å². The summed E-state index contributed by atoms with van der Waals surface area (Å²) in [5.74, 6) is 1.38. The second kappa shape index (κ2) is 17.2. The summed E-state index contributed by atoms with van der Waals surface area (Å²) in [7, 11) is -3.03. The van der Waals surface area contributed by atoms with Gasteiger partial charge < -0.3 is 30.3 Å². The lowest BCUT2D eigenvalue weighted by Crippen LogP contribution is -2.35. The second-order valence-corrected chi connectivity index (χ2v) is 12.0. The van der Waals surface area contributed by atoms with E-state index in [0.717, 1.165) is 42.6 Å². The largest absolute Gasteiger partial charge is 0.497 e. The first-order chi connectivity index (χ1) is 20.3. The Kier molecular flexibility index (Phi) is 13.7. The fourth-order valence-corrected chi connectivity index (χ4v) is 5.51. The number of rotatable bonds is 18. The molecule has 1 aliphatic carbocycles. The van der Waals surface area contributed by atoms with Crippen LogP contribution in [-0.4, -0.2) is 47.5 Å². The normalized spacial score (nSPS) is 15.8. The Morgan fingerprint density at radius 3 is 2.30 bits per heavy atom. The van der Waals surface area contributed by atoms with Gasteiger partial charge in [-0.1, -0.05) is 73.9 Å². The molecule has 0 spiro atoms. The van der Waals surface area contributed by atoms with Crippen LogP contribution < -0.4 is 15.6 Å². The highest BCUT2D eigenvalue weighted by Gasteiger charge is 2.45. The lowest BCUT2D eigenvalue weighted by Gasteiger charge is -2.23. The SMILES string of the molecule is COc1ccc(CN(CCOP(=O)(O)O)C(=O)C2CC2c2cccc(OCCCCCCCc3ccccc3)c2)cc1.N. The van der Waals surface area contributed by atoms with E-state index in [1.165, 1.54) is 24.8 Å². The van der Waals surface area contributed by atoms with Gasteiger partial charge in [-0.3, -0.25) is 9.32 Å². The molecule has 0 aromatic heterocycles. The molecule has 234 valence electrons. The number of methoxy groups -OCH3 is 1. The molecule has 43 heavy (non-hydrogen) atoms. The molecule has 0 bridgehead atoms. The summed E-state index contributed by atoms with van der Waals surface area (Å²) in [5.41, 5.74) is 3.37. The van der Waals surface area contributed by atoms with Gasteiger partial charge in [0.1, 0.15) is 11.5 Å². The molecule has 1 saturated carbocycles. The Bertz CT molecular complexity index is 1300. The molecular weight excluding hydrogens is 567 g/mol. The number of nitrogens with zero attached hydrogens (tertiary/aromatic N) is 1. The molecule has 3 aromatic carbocycles. The van der Waals surface area contributed by atoms with E-state index in [4.69, 9.17) is 19.3 Å². The lowest BCUT2D eigenvalue weighted by atomic mass is 10.1. The van der Waals surface area contributed by atoms with Crippen LogP contribution in [0.3, 0.4) is 0 Å². The smallest absolute Gasteiger partial charge is 0.469 e. The molecule has 0 aliphatic heterocycles. The molecular formula is C33H45N2O7P. The van der Waals surface area contributed by atoms with Crippen molar-refractivity contribution in [3.63, 3.8) is 0 Å². The van der Waals surface area contributed by atoms with Crippen molar-refractivity contribution >= 4 is 13.7 Å². The summed E-state index contributed by atoms with van der Waals surface area (Å²) in [5, 5.41) is 0. The molecule has 10 heteroatoms. The molecule has 4 rings (SSSR count). The van der Waals surface area contributed by atoms with E-state index in [1.807, 2.05) is 48.5 Å². The maximum atomic E-state index is 13.5. The first-order valence-electron chi connectivity index (χ1n) is 14.7. The summed E-state index contributed by atoms with van der Waals surface area (Å²) in [6.45, 7) is 0.810. The summed E-state index contributed by atoms with van der Waals surface area (Å²) in [4.78, 5) is 33.2. The van der Waals surface area contributed by atoms with E-state index in [2.05, 4.69) is 34.9 Å². The number of hydrogen-bond acceptors (Lipinski definition) is 6. The highest BCUT2D eigenvalue weighted by atomic mass is 31.2. The van der Waals surface area contributed by atoms with E-state index in [9.17, 15) is 9.36 Å². The van der Waals surface area contributed by atoms with Crippen molar-refractivity contribution in [1.29, 1.82) is 0 Å². The third kappa shape index (κ3) is 11.8. The highest BCUT2D eigenvalue weighted by molar-refractivity contribution is 7.46. The lowest BCUT2D eigenvalue weighted by molar-refractivity contribution is -0.133. The van der Waals surface area contributed by atoms with Crippen LogP contribution in [0.15, 0.2) is 78.9 Å². The topological polar surface area (TPSA) is 141 Å². The maximum absolute atomic E-state index is 13.5. The summed E-state index contributed by atoms with van der Waals surface area (Å²) >= 11 is 0. The van der Waals surface area contributed by atoms with Crippen LogP contribution in [0.25, 0.3) is 0 Å². The molecule has 2 atom stereocenters. The third-order valence-corrected chi connectivity index (χ3v) is 8.10. The number of ether oxygens (including phenoxy) is 2. The van der Waals surface area contributed by atoms with Crippen molar-refractivity contribution in [1.82, 2.24) is 11.1 Å². The molecule has 0 radical (unpaired) electrons. The molecule has 1 amide bonds. The van der Waals surface area contributed by atoms with Gasteiger partial charge in [0, 0.05) is 19.0 Å². The van der Waals surface area contributed by atoms with Crippen molar-refractivity contribution in [3.05, 3.63) is 95.6 Å². The Labute approximate surface area is 255 Å². The van der Waals surface area contributed by atoms with Crippen molar-refractivity contribution in [3.8, 4) is 11.5 Å². The molecule has 3 aromatic rings. The van der Waals surface area contributed by atoms with E-state index < -0.39 is 7.82 Å². The van der Waals surface area contributed by atoms with Crippen LogP contribution in [0.5, 0.6) is 11.5 Å². The number of benzene rings is 3. The van der Waals surface area contributed by atoms with Gasteiger partial charge in [0.2, 0.25) is 5.91 Å². The number of phosphoric ester groups is 1. The second-order valence-electron chi connectivity index (χ2n) is 10.8. The molecule has 9 nitrogen and oxygen atoms in total. The number of carbonyl (C=O) groups is 1. The molecule has 2 unspecified atom stereocenters. The summed E-state index contributed by atoms with van der Waals surface area (Å²) in [6, 6.07) is 26.0. The Morgan fingerprint density at radius 2 is 1.58 bits per heavy atom. The number of carbonyl (C=O) groups excluding carboxylic acids is 1. The minimum absolute atomic E-state index is 0. The highest BCUT2D eigenvalue weighted by Crippen LogP contribution is 2.49. The molecule has 5 N–H and O–H groups in total. The quantitative estimate of drug-likeness (QED) is 0.107. The number of unbranched alkanes of at least 4 members (excludes halogenated alkanes) is 4. The Balaban J connectivity index is 0.00000506. The van der Waals surface area contributed by atoms with Crippen molar-refractivity contribution in [2.75, 3.05) is 26.9 Å². The van der Waals surface area contributed by atoms with E-state index in [0.29, 0.717) is 18.9 Å². The molecule has 0 heterocycles. The number of hydrogen-bond donors (Lipinski definition) is 3. The van der Waals surface area contributed by atoms with E-state index >= 15 is 0 Å². The average molecular weight is 613 g/mol. The third-order valence-electron chi connectivity index (χ3n) is 7.58. The van der Waals surface area contributed by atoms with E-state index in [-0.39, 0.29) is 37.0 Å². The van der Waals surface area contributed by atoms with Gasteiger partial charge in [-0.15, -0.1) is 0 Å². The Hall–Kier alpha value is -3.20. The van der Waals surface area contributed by atoms with Gasteiger partial charge in [0.05, 0.1) is 20.3 Å². The fourth-order valence-electron chi connectivity index (χ4n) is 5.19. The zero-order valence-corrected chi connectivity index (χ0v) is 25.9. The standard InChI is InChI=1S/C33H42NO7P.H3N/c1-39-29-18-16-27(17-19-29)25-34(20-22-41-42(36,37)38)33(35)32-24-31(32)28-14-10-15-30(23-28)40-21-9-4-2-3-6-11-26-12-7-5-8-13-26;/h5,7-8,10,12-19,23,31-32H,2-4,6,9,11,20-22,24-25H2,1H3,(H2,36,37,38);1H3. The number of aryl methyl sites for hydroxylation is 1. The fraction of sp³-hybridized carbons (Fsp3) is 0.424. The van der Waals surface area contributed by atoms with Crippen LogP contribution in [0.4, 0.5) is 0 Å². The predicted octanol–water partition coefficient (Wildman–Crippen LogP) is 6.67. The Morgan fingerprint density at radius 1 is 0.860 bits per heavy atom. The van der Waals surface area contributed by atoms with Gasteiger partial charge in [0.25, 0.3) is 0 Å². The van der Waals surface area contributed by atoms with Crippen LogP contribution >= 0.6 is 7.82 Å². The van der Waals surface area contributed by atoms with E-state index in [1.54, 1.807) is 12.0 Å². The molecule has 0 saturated heterocycles. The van der Waals surface area contributed by atoms with Crippen molar-refractivity contribution < 1.29 is 33.1 Å². The van der Waals surface area contributed by atoms with Crippen LogP contribution in [0.2, 0.25) is 0 Å². The van der Waals surface area contributed by atoms with Crippen molar-refractivity contribution in [2.24, 2.45) is 5.92 Å². The minimum Gasteiger partial charge on any atom is -0.497 e. The predicted molar refractivity (Wildman–Crippen MR) is 167 cm³/mol. The summed E-state index contributed by atoms with van der Waals surface area (Å²) in [6.07, 6.45) is 7.65. The van der Waals surface area contributed by atoms with Crippen LogP contribution in [-0.2, 0) is 26.8 Å². The first kappa shape index (κ1) is 34.3. The summed E-state index contributed by atoms with van der Waals surface area (Å²) < 4.78 is 27.1. The monoisotopic (exact) mass is 612 g/mol. The maximum Gasteiger partial charge on any atom is 0.469 e.